The zero-order valence-electron chi connectivity index (χ0n) is 10.5. The summed E-state index contributed by atoms with van der Waals surface area (Å²) in [6.45, 7) is 1.81. The molecular formula is C12H11BrN4O3. The Morgan fingerprint density at radius 1 is 1.45 bits per heavy atom. The number of anilines is 1. The van der Waals surface area contributed by atoms with Gasteiger partial charge in [-0.05, 0) is 30.7 Å². The van der Waals surface area contributed by atoms with Gasteiger partial charge in [-0.3, -0.25) is 4.79 Å². The standard InChI is InChI=1S/C12H11BrN4O3/c1-7-4-8(2-3-9(7)13)14-11(18)6-17-5-10(12(19)20)15-16-17/h2-5H,6H2,1H3,(H,14,18)(H,19,20). The van der Waals surface area contributed by atoms with Gasteiger partial charge in [-0.25, -0.2) is 9.48 Å². The van der Waals surface area contributed by atoms with Crippen molar-refractivity contribution in [2.24, 2.45) is 0 Å². The van der Waals surface area contributed by atoms with Crippen LogP contribution in [-0.4, -0.2) is 32.0 Å². The van der Waals surface area contributed by atoms with Crippen LogP contribution in [0.2, 0.25) is 0 Å². The number of rotatable bonds is 4. The van der Waals surface area contributed by atoms with Gasteiger partial charge in [0.1, 0.15) is 6.54 Å². The maximum absolute atomic E-state index is 11.8. The topological polar surface area (TPSA) is 97.1 Å². The lowest BCUT2D eigenvalue weighted by molar-refractivity contribution is -0.116. The summed E-state index contributed by atoms with van der Waals surface area (Å²) < 4.78 is 2.13. The lowest BCUT2D eigenvalue weighted by atomic mass is 10.2. The number of nitrogens with zero attached hydrogens (tertiary/aromatic N) is 3. The maximum atomic E-state index is 11.8. The smallest absolute Gasteiger partial charge is 0.358 e. The quantitative estimate of drug-likeness (QED) is 0.883. The Hall–Kier alpha value is -2.22. The van der Waals surface area contributed by atoms with E-state index in [9.17, 15) is 9.59 Å². The molecule has 2 N–H and O–H groups in total. The number of carbonyl (C=O) groups excluding carboxylic acids is 1. The van der Waals surface area contributed by atoms with Crippen molar-refractivity contribution in [1.29, 1.82) is 0 Å². The van der Waals surface area contributed by atoms with Gasteiger partial charge >= 0.3 is 5.97 Å². The lowest BCUT2D eigenvalue weighted by Crippen LogP contribution is -2.19. The van der Waals surface area contributed by atoms with Gasteiger partial charge < -0.3 is 10.4 Å². The second-order valence-electron chi connectivity index (χ2n) is 4.12. The largest absolute Gasteiger partial charge is 0.476 e. The molecule has 0 aliphatic heterocycles. The normalized spacial score (nSPS) is 10.3. The summed E-state index contributed by atoms with van der Waals surface area (Å²) >= 11 is 3.37. The second-order valence-corrected chi connectivity index (χ2v) is 4.97. The fourth-order valence-corrected chi connectivity index (χ4v) is 1.79. The number of hydrogen-bond donors (Lipinski definition) is 2. The third-order valence-electron chi connectivity index (χ3n) is 2.51. The molecule has 7 nitrogen and oxygen atoms in total. The van der Waals surface area contributed by atoms with Gasteiger partial charge in [-0.1, -0.05) is 21.1 Å². The van der Waals surface area contributed by atoms with Crippen molar-refractivity contribution in [2.75, 3.05) is 5.32 Å². The average molecular weight is 339 g/mol. The molecule has 0 atom stereocenters. The van der Waals surface area contributed by atoms with Crippen LogP contribution in [0.5, 0.6) is 0 Å². The predicted molar refractivity (Wildman–Crippen MR) is 74.5 cm³/mol. The number of aromatic carboxylic acids is 1. The van der Waals surface area contributed by atoms with E-state index >= 15 is 0 Å². The Labute approximate surface area is 122 Å². The van der Waals surface area contributed by atoms with Crippen molar-refractivity contribution in [3.8, 4) is 0 Å². The third-order valence-corrected chi connectivity index (χ3v) is 3.39. The first-order valence-electron chi connectivity index (χ1n) is 5.65. The third kappa shape index (κ3) is 3.41. The summed E-state index contributed by atoms with van der Waals surface area (Å²) in [5.74, 6) is -1.49. The Balaban J connectivity index is 2.01. The zero-order chi connectivity index (χ0) is 14.7. The summed E-state index contributed by atoms with van der Waals surface area (Å²) in [5.41, 5.74) is 1.46. The number of nitrogens with one attached hydrogen (secondary N) is 1. The number of benzene rings is 1. The van der Waals surface area contributed by atoms with Crippen LogP contribution in [0.25, 0.3) is 0 Å². The molecule has 0 unspecified atom stereocenters. The minimum atomic E-state index is -1.18. The molecule has 1 heterocycles. The molecule has 104 valence electrons. The van der Waals surface area contributed by atoms with E-state index in [1.807, 2.05) is 19.1 Å². The van der Waals surface area contributed by atoms with E-state index in [1.165, 1.54) is 10.9 Å². The van der Waals surface area contributed by atoms with Crippen LogP contribution in [0.15, 0.2) is 28.9 Å². The summed E-state index contributed by atoms with van der Waals surface area (Å²) in [7, 11) is 0. The number of amides is 1. The number of aryl methyl sites for hydroxylation is 1. The van der Waals surface area contributed by atoms with E-state index in [0.717, 1.165) is 10.0 Å². The van der Waals surface area contributed by atoms with Gasteiger partial charge in [-0.2, -0.15) is 0 Å². The number of carboxylic acid groups (broad SMARTS) is 1. The SMILES string of the molecule is Cc1cc(NC(=O)Cn2cc(C(=O)O)nn2)ccc1Br. The molecule has 20 heavy (non-hydrogen) atoms. The van der Waals surface area contributed by atoms with Gasteiger partial charge in [0.25, 0.3) is 0 Å². The highest BCUT2D eigenvalue weighted by Crippen LogP contribution is 2.19. The first-order valence-corrected chi connectivity index (χ1v) is 6.44. The van der Waals surface area contributed by atoms with E-state index in [1.54, 1.807) is 6.07 Å². The van der Waals surface area contributed by atoms with Crippen LogP contribution < -0.4 is 5.32 Å². The van der Waals surface area contributed by atoms with Crippen LogP contribution in [0.3, 0.4) is 0 Å². The Morgan fingerprint density at radius 3 is 2.80 bits per heavy atom. The van der Waals surface area contributed by atoms with Crippen LogP contribution in [0.1, 0.15) is 16.1 Å². The lowest BCUT2D eigenvalue weighted by Gasteiger charge is -2.06. The van der Waals surface area contributed by atoms with Gasteiger partial charge in [0.2, 0.25) is 5.91 Å². The minimum absolute atomic E-state index is 0.102. The number of carboxylic acids is 1. The van der Waals surface area contributed by atoms with Gasteiger partial charge in [0, 0.05) is 10.2 Å². The molecule has 0 bridgehead atoms. The van der Waals surface area contributed by atoms with E-state index < -0.39 is 5.97 Å². The van der Waals surface area contributed by atoms with Crippen LogP contribution in [-0.2, 0) is 11.3 Å². The molecule has 0 saturated heterocycles. The predicted octanol–water partition coefficient (Wildman–Crippen LogP) is 1.69. The van der Waals surface area contributed by atoms with Crippen molar-refractivity contribution in [1.82, 2.24) is 15.0 Å². The molecule has 1 aromatic heterocycles. The molecular weight excluding hydrogens is 328 g/mol. The second kappa shape index (κ2) is 5.83. The molecule has 0 radical (unpaired) electrons. The maximum Gasteiger partial charge on any atom is 0.358 e. The Kier molecular flexibility index (Phi) is 4.14. The number of carbonyl (C=O) groups is 2. The van der Waals surface area contributed by atoms with Crippen LogP contribution >= 0.6 is 15.9 Å². The summed E-state index contributed by atoms with van der Waals surface area (Å²) in [4.78, 5) is 22.4. The number of halogens is 1. The summed E-state index contributed by atoms with van der Waals surface area (Å²) in [6, 6.07) is 5.42. The van der Waals surface area contributed by atoms with Crippen molar-refractivity contribution < 1.29 is 14.7 Å². The van der Waals surface area contributed by atoms with E-state index in [2.05, 4.69) is 31.6 Å². The molecule has 0 aliphatic carbocycles. The Morgan fingerprint density at radius 2 is 2.20 bits per heavy atom. The molecule has 0 aliphatic rings. The van der Waals surface area contributed by atoms with Gasteiger partial charge in [0.05, 0.1) is 6.20 Å². The number of aromatic nitrogens is 3. The summed E-state index contributed by atoms with van der Waals surface area (Å²) in [6.07, 6.45) is 1.20. The first-order chi connectivity index (χ1) is 9.45. The van der Waals surface area contributed by atoms with E-state index in [0.29, 0.717) is 5.69 Å². The molecule has 2 aromatic rings. The highest BCUT2D eigenvalue weighted by Gasteiger charge is 2.11. The molecule has 1 aromatic carbocycles. The Bertz CT molecular complexity index is 668. The molecule has 0 saturated carbocycles. The van der Waals surface area contributed by atoms with Crippen LogP contribution in [0, 0.1) is 6.92 Å². The van der Waals surface area contributed by atoms with E-state index in [4.69, 9.17) is 5.11 Å². The highest BCUT2D eigenvalue weighted by molar-refractivity contribution is 9.10. The monoisotopic (exact) mass is 338 g/mol. The molecule has 2 rings (SSSR count). The first kappa shape index (κ1) is 14.2. The number of hydrogen-bond acceptors (Lipinski definition) is 4. The van der Waals surface area contributed by atoms with Crippen molar-refractivity contribution >= 4 is 33.5 Å². The van der Waals surface area contributed by atoms with Gasteiger partial charge in [-0.15, -0.1) is 5.10 Å². The molecule has 0 spiro atoms. The zero-order valence-corrected chi connectivity index (χ0v) is 12.1. The van der Waals surface area contributed by atoms with E-state index in [-0.39, 0.29) is 18.1 Å². The van der Waals surface area contributed by atoms with Gasteiger partial charge in [0.15, 0.2) is 5.69 Å². The summed E-state index contributed by atoms with van der Waals surface area (Å²) in [5, 5.41) is 18.4. The minimum Gasteiger partial charge on any atom is -0.476 e. The fourth-order valence-electron chi connectivity index (χ4n) is 1.54. The average Bonchev–Trinajstić information content (AvgIpc) is 2.82. The van der Waals surface area contributed by atoms with Crippen molar-refractivity contribution in [3.05, 3.63) is 40.1 Å². The molecule has 1 amide bonds. The van der Waals surface area contributed by atoms with Crippen LogP contribution in [0.4, 0.5) is 5.69 Å². The fraction of sp³-hybridized carbons (Fsp3) is 0.167. The molecule has 8 heteroatoms. The molecule has 0 fully saturated rings. The van der Waals surface area contributed by atoms with Crippen molar-refractivity contribution in [3.63, 3.8) is 0 Å². The van der Waals surface area contributed by atoms with Crippen molar-refractivity contribution in [2.45, 2.75) is 13.5 Å². The highest BCUT2D eigenvalue weighted by atomic mass is 79.9.